The van der Waals surface area contributed by atoms with Gasteiger partial charge in [-0.3, -0.25) is 9.59 Å². The molecule has 1 saturated heterocycles. The molecule has 1 heterocycles. The molecular weight excluding hydrogens is 495 g/mol. The van der Waals surface area contributed by atoms with E-state index in [2.05, 4.69) is 0 Å². The Morgan fingerprint density at radius 1 is 1.13 bits per heavy atom. The standard InChI is InChI=1S/C30H37O8.Li/c1-15-12-21-19(14-36-21)23-25(38-27(34)18-10-8-7-9-11-18)30(35)13-20(32)16(2)22(28(30,4)5)24(33)26(29(15,23)6)37-17(3)31;/h7-11,15,19-21,23,25-26,35H,12-14H2,1-6H3;/q-1;+1/t15-,19+,20-,21+,23?,25-,26+,29+,30+;/m0./s1. The number of carbonyl (C=O) groups is 3. The molecule has 1 unspecified atom stereocenters. The molecule has 9 heteroatoms. The van der Waals surface area contributed by atoms with Crippen molar-refractivity contribution >= 4 is 17.7 Å². The van der Waals surface area contributed by atoms with Gasteiger partial charge in [0.25, 0.3) is 0 Å². The number of rotatable bonds is 3. The van der Waals surface area contributed by atoms with Gasteiger partial charge in [-0.25, -0.2) is 4.79 Å². The third-order valence-electron chi connectivity index (χ3n) is 10.3. The molecule has 1 aromatic rings. The van der Waals surface area contributed by atoms with E-state index < -0.39 is 58.4 Å². The molecule has 0 amide bonds. The van der Waals surface area contributed by atoms with E-state index in [1.807, 2.05) is 13.8 Å². The van der Waals surface area contributed by atoms with Crippen LogP contribution in [0, 0.1) is 28.6 Å². The minimum absolute atomic E-state index is 0. The monoisotopic (exact) mass is 532 g/mol. The topological polar surface area (TPSA) is 122 Å². The predicted octanol–water partition coefficient (Wildman–Crippen LogP) is -0.386. The van der Waals surface area contributed by atoms with Crippen molar-refractivity contribution < 1.29 is 57.7 Å². The molecule has 2 saturated carbocycles. The van der Waals surface area contributed by atoms with Gasteiger partial charge in [-0.2, -0.15) is 0 Å². The average molecular weight is 533 g/mol. The Hall–Kier alpha value is -1.95. The maximum Gasteiger partial charge on any atom is 1.00 e. The number of aliphatic hydroxyl groups is 1. The van der Waals surface area contributed by atoms with Crippen molar-refractivity contribution in [1.29, 1.82) is 0 Å². The summed E-state index contributed by atoms with van der Waals surface area (Å²) in [4.78, 5) is 40.4. The Kier molecular flexibility index (Phi) is 7.81. The summed E-state index contributed by atoms with van der Waals surface area (Å²) < 4.78 is 18.0. The fourth-order valence-electron chi connectivity index (χ4n) is 7.82. The van der Waals surface area contributed by atoms with Gasteiger partial charge in [0.15, 0.2) is 6.10 Å². The third-order valence-corrected chi connectivity index (χ3v) is 10.3. The Morgan fingerprint density at radius 2 is 1.77 bits per heavy atom. The molecule has 3 fully saturated rings. The van der Waals surface area contributed by atoms with E-state index >= 15 is 0 Å². The van der Waals surface area contributed by atoms with Gasteiger partial charge in [-0.05, 0) is 37.8 Å². The molecule has 5 rings (SSSR count). The van der Waals surface area contributed by atoms with Crippen molar-refractivity contribution in [3.8, 4) is 0 Å². The van der Waals surface area contributed by atoms with Crippen LogP contribution in [0.25, 0.3) is 0 Å². The summed E-state index contributed by atoms with van der Waals surface area (Å²) in [7, 11) is 0. The Labute approximate surface area is 241 Å². The van der Waals surface area contributed by atoms with E-state index in [0.29, 0.717) is 24.2 Å². The first-order chi connectivity index (χ1) is 17.7. The van der Waals surface area contributed by atoms with Crippen molar-refractivity contribution in [3.05, 3.63) is 47.0 Å². The van der Waals surface area contributed by atoms with Gasteiger partial charge in [0.05, 0.1) is 18.3 Å². The number of fused-ring (bicyclic) bond motifs is 5. The van der Waals surface area contributed by atoms with Gasteiger partial charge in [-0.1, -0.05) is 51.5 Å². The number of carbonyl (C=O) groups excluding carboxylic acids is 3. The number of ether oxygens (including phenoxy) is 3. The summed E-state index contributed by atoms with van der Waals surface area (Å²) in [5.74, 6) is -2.64. The molecule has 39 heavy (non-hydrogen) atoms. The van der Waals surface area contributed by atoms with Crippen molar-refractivity contribution in [2.75, 3.05) is 6.61 Å². The normalized spacial score (nSPS) is 40.5. The zero-order valence-electron chi connectivity index (χ0n) is 23.9. The molecule has 4 aliphatic rings. The van der Waals surface area contributed by atoms with Crippen LogP contribution in [0.1, 0.15) is 64.7 Å². The van der Waals surface area contributed by atoms with Crippen molar-refractivity contribution in [2.45, 2.75) is 84.4 Å². The fraction of sp³-hybridized carbons (Fsp3) is 0.633. The number of benzene rings is 1. The summed E-state index contributed by atoms with van der Waals surface area (Å²) in [5, 5.41) is 26.1. The average Bonchev–Trinajstić information content (AvgIpc) is 2.84. The molecule has 1 N–H and O–H groups in total. The Bertz CT molecular complexity index is 1190. The number of ketones is 1. The van der Waals surface area contributed by atoms with E-state index in [9.17, 15) is 24.6 Å². The third kappa shape index (κ3) is 4.26. The first kappa shape index (κ1) is 30.0. The van der Waals surface area contributed by atoms with E-state index in [1.54, 1.807) is 51.1 Å². The first-order valence-electron chi connectivity index (χ1n) is 13.4. The van der Waals surface area contributed by atoms with Crippen LogP contribution in [0.3, 0.4) is 0 Å². The van der Waals surface area contributed by atoms with Crippen molar-refractivity contribution in [3.63, 3.8) is 0 Å². The predicted molar refractivity (Wildman–Crippen MR) is 135 cm³/mol. The second kappa shape index (κ2) is 10.2. The minimum Gasteiger partial charge on any atom is -0.849 e. The van der Waals surface area contributed by atoms with Gasteiger partial charge in [0.1, 0.15) is 11.7 Å². The molecule has 8 nitrogen and oxygen atoms in total. The molecule has 206 valence electrons. The van der Waals surface area contributed by atoms with E-state index in [4.69, 9.17) is 14.2 Å². The fourth-order valence-corrected chi connectivity index (χ4v) is 7.82. The van der Waals surface area contributed by atoms with Crippen molar-refractivity contribution in [2.24, 2.45) is 28.6 Å². The number of hydrogen-bond acceptors (Lipinski definition) is 8. The van der Waals surface area contributed by atoms with Crippen LogP contribution in [0.2, 0.25) is 0 Å². The number of Topliss-reactive ketones (excluding diaryl/α,β-unsaturated/α-hetero) is 1. The molecule has 0 aromatic heterocycles. The summed E-state index contributed by atoms with van der Waals surface area (Å²) in [6.07, 6.45) is -3.48. The van der Waals surface area contributed by atoms with Gasteiger partial charge in [0, 0.05) is 35.2 Å². The molecule has 0 radical (unpaired) electrons. The van der Waals surface area contributed by atoms with Gasteiger partial charge in [-0.15, -0.1) is 6.10 Å². The second-order valence-electron chi connectivity index (χ2n) is 12.4. The SMILES string of the molecule is CC(=O)O[C@@H]1C(=O)C2=C(C)[C@@H]([O-])C[C@@](O)([C@@H](OC(=O)c3ccccc3)C3[C@@H]4CO[C@@H]4C[C@H](C)[C@]31C)C2(C)C.[Li+]. The molecule has 1 aromatic carbocycles. The van der Waals surface area contributed by atoms with Crippen LogP contribution in [0.15, 0.2) is 41.5 Å². The molecule has 2 bridgehead atoms. The van der Waals surface area contributed by atoms with Crippen LogP contribution in [-0.2, 0) is 23.8 Å². The Balaban J connectivity index is 0.00000353. The van der Waals surface area contributed by atoms with Gasteiger partial charge < -0.3 is 24.4 Å². The molecule has 1 aliphatic heterocycles. The van der Waals surface area contributed by atoms with Crippen LogP contribution in [-0.4, -0.2) is 59.5 Å². The molecule has 0 spiro atoms. The maximum atomic E-state index is 14.4. The smallest absolute Gasteiger partial charge is 0.849 e. The summed E-state index contributed by atoms with van der Waals surface area (Å²) in [5.41, 5.74) is -3.31. The van der Waals surface area contributed by atoms with Crippen molar-refractivity contribution in [1.82, 2.24) is 0 Å². The number of hydrogen-bond donors (Lipinski definition) is 1. The number of esters is 2. The summed E-state index contributed by atoms with van der Waals surface area (Å²) >= 11 is 0. The Morgan fingerprint density at radius 3 is 2.33 bits per heavy atom. The van der Waals surface area contributed by atoms with Crippen LogP contribution in [0.5, 0.6) is 0 Å². The van der Waals surface area contributed by atoms with E-state index in [-0.39, 0.29) is 48.8 Å². The van der Waals surface area contributed by atoms with Gasteiger partial charge in [0.2, 0.25) is 5.78 Å². The quantitative estimate of drug-likeness (QED) is 0.413. The summed E-state index contributed by atoms with van der Waals surface area (Å²) in [6, 6.07) is 8.51. The molecule has 3 aliphatic carbocycles. The zero-order valence-corrected chi connectivity index (χ0v) is 23.9. The minimum atomic E-state index is -1.85. The zero-order chi connectivity index (χ0) is 27.8. The maximum absolute atomic E-state index is 14.4. The second-order valence-corrected chi connectivity index (χ2v) is 12.4. The van der Waals surface area contributed by atoms with Crippen LogP contribution in [0.4, 0.5) is 0 Å². The molecular formula is C30H37LiO8. The largest absolute Gasteiger partial charge is 1.00 e. The molecule has 9 atom stereocenters. The van der Waals surface area contributed by atoms with Crippen LogP contribution < -0.4 is 24.0 Å². The van der Waals surface area contributed by atoms with E-state index in [1.165, 1.54) is 6.92 Å². The van der Waals surface area contributed by atoms with E-state index in [0.717, 1.165) is 0 Å². The van der Waals surface area contributed by atoms with Crippen LogP contribution >= 0.6 is 0 Å². The van der Waals surface area contributed by atoms with Gasteiger partial charge >= 0.3 is 30.8 Å². The summed E-state index contributed by atoms with van der Waals surface area (Å²) in [6.45, 7) is 10.5. The first-order valence-corrected chi connectivity index (χ1v) is 13.4.